The molecule has 1 atom stereocenters. The molecular formula is C14H13O4-. The van der Waals surface area contributed by atoms with E-state index in [2.05, 4.69) is 0 Å². The largest absolute Gasteiger partial charge is 0.547 e. The number of hydrogen-bond donors (Lipinski definition) is 2. The van der Waals surface area contributed by atoms with Crippen LogP contribution < -0.4 is 5.11 Å². The molecule has 0 spiro atoms. The molecule has 18 heavy (non-hydrogen) atoms. The average molecular weight is 245 g/mol. The number of carbonyl (C=O) groups is 1. The van der Waals surface area contributed by atoms with Crippen molar-refractivity contribution in [3.05, 3.63) is 41.0 Å². The van der Waals surface area contributed by atoms with Gasteiger partial charge in [0.05, 0.1) is 5.97 Å². The molecule has 94 valence electrons. The van der Waals surface area contributed by atoms with E-state index in [1.807, 2.05) is 19.1 Å². The van der Waals surface area contributed by atoms with E-state index in [4.69, 9.17) is 0 Å². The first-order valence-corrected chi connectivity index (χ1v) is 5.53. The number of aliphatic carboxylic acids is 1. The highest BCUT2D eigenvalue weighted by atomic mass is 16.4. The number of carbonyl (C=O) groups excluding carboxylic acids is 1. The zero-order chi connectivity index (χ0) is 13.4. The van der Waals surface area contributed by atoms with Crippen molar-refractivity contribution in [3.63, 3.8) is 0 Å². The van der Waals surface area contributed by atoms with E-state index in [1.165, 1.54) is 0 Å². The van der Waals surface area contributed by atoms with Crippen LogP contribution in [0, 0.1) is 13.8 Å². The monoisotopic (exact) mass is 245 g/mol. The summed E-state index contributed by atoms with van der Waals surface area (Å²) in [6.45, 7) is 3.57. The molecule has 0 aromatic heterocycles. The smallest absolute Gasteiger partial charge is 0.129 e. The lowest BCUT2D eigenvalue weighted by Gasteiger charge is -2.18. The molecule has 0 bridgehead atoms. The number of aliphatic hydroxyl groups excluding tert-OH is 1. The number of benzene rings is 2. The van der Waals surface area contributed by atoms with Gasteiger partial charge in [0.2, 0.25) is 0 Å². The number of carboxylic acids is 1. The Hall–Kier alpha value is -2.07. The van der Waals surface area contributed by atoms with Crippen LogP contribution in [-0.4, -0.2) is 16.2 Å². The van der Waals surface area contributed by atoms with Gasteiger partial charge >= 0.3 is 0 Å². The Morgan fingerprint density at radius 2 is 1.94 bits per heavy atom. The molecular weight excluding hydrogens is 232 g/mol. The van der Waals surface area contributed by atoms with Crippen molar-refractivity contribution in [2.45, 2.75) is 20.0 Å². The molecule has 2 aromatic carbocycles. The van der Waals surface area contributed by atoms with Crippen molar-refractivity contribution in [1.82, 2.24) is 0 Å². The topological polar surface area (TPSA) is 80.6 Å². The van der Waals surface area contributed by atoms with Gasteiger partial charge in [0, 0.05) is 10.9 Å². The second kappa shape index (κ2) is 4.31. The van der Waals surface area contributed by atoms with Crippen molar-refractivity contribution in [1.29, 1.82) is 0 Å². The highest BCUT2D eigenvalue weighted by Gasteiger charge is 2.18. The first kappa shape index (κ1) is 12.4. The van der Waals surface area contributed by atoms with Crippen LogP contribution in [0.1, 0.15) is 22.8 Å². The first-order chi connectivity index (χ1) is 8.41. The highest BCUT2D eigenvalue weighted by molar-refractivity contribution is 5.92. The van der Waals surface area contributed by atoms with Crippen molar-refractivity contribution in [2.24, 2.45) is 0 Å². The highest BCUT2D eigenvalue weighted by Crippen LogP contribution is 2.35. The second-order valence-corrected chi connectivity index (χ2v) is 4.40. The number of carboxylic acid groups (broad SMARTS) is 1. The number of fused-ring (bicyclic) bond motifs is 1. The van der Waals surface area contributed by atoms with E-state index in [9.17, 15) is 20.1 Å². The maximum atomic E-state index is 10.7. The molecule has 0 amide bonds. The van der Waals surface area contributed by atoms with Crippen LogP contribution in [0.15, 0.2) is 24.3 Å². The third-order valence-electron chi connectivity index (χ3n) is 3.01. The van der Waals surface area contributed by atoms with Crippen LogP contribution in [0.3, 0.4) is 0 Å². The summed E-state index contributed by atoms with van der Waals surface area (Å²) in [4.78, 5) is 10.7. The summed E-state index contributed by atoms with van der Waals surface area (Å²) in [6, 6.07) is 7.14. The summed E-state index contributed by atoms with van der Waals surface area (Å²) in [5, 5.41) is 31.7. The van der Waals surface area contributed by atoms with Crippen LogP contribution in [0.25, 0.3) is 10.8 Å². The Morgan fingerprint density at radius 1 is 1.28 bits per heavy atom. The zero-order valence-electron chi connectivity index (χ0n) is 10.1. The molecule has 4 heteroatoms. The maximum Gasteiger partial charge on any atom is 0.129 e. The molecule has 2 aromatic rings. The van der Waals surface area contributed by atoms with Gasteiger partial charge in [-0.05, 0) is 24.8 Å². The van der Waals surface area contributed by atoms with Gasteiger partial charge in [0.25, 0.3) is 0 Å². The summed E-state index contributed by atoms with van der Waals surface area (Å²) >= 11 is 0. The number of rotatable bonds is 2. The van der Waals surface area contributed by atoms with Crippen molar-refractivity contribution in [3.8, 4) is 5.75 Å². The fraction of sp³-hybridized carbons (Fsp3) is 0.214. The van der Waals surface area contributed by atoms with E-state index in [-0.39, 0.29) is 11.3 Å². The van der Waals surface area contributed by atoms with Crippen molar-refractivity contribution in [2.75, 3.05) is 0 Å². The normalized spacial score (nSPS) is 12.6. The third-order valence-corrected chi connectivity index (χ3v) is 3.01. The van der Waals surface area contributed by atoms with Gasteiger partial charge in [0.15, 0.2) is 0 Å². The Morgan fingerprint density at radius 3 is 2.56 bits per heavy atom. The van der Waals surface area contributed by atoms with Crippen LogP contribution in [0.4, 0.5) is 0 Å². The summed E-state index contributed by atoms with van der Waals surface area (Å²) in [5.41, 5.74) is 1.54. The van der Waals surface area contributed by atoms with Crippen LogP contribution in [0.5, 0.6) is 5.75 Å². The van der Waals surface area contributed by atoms with Gasteiger partial charge in [-0.3, -0.25) is 0 Å². The quantitative estimate of drug-likeness (QED) is 0.825. The maximum absolute atomic E-state index is 10.7. The van der Waals surface area contributed by atoms with Gasteiger partial charge in [-0.15, -0.1) is 0 Å². The second-order valence-electron chi connectivity index (χ2n) is 4.40. The molecule has 0 fully saturated rings. The van der Waals surface area contributed by atoms with Gasteiger partial charge < -0.3 is 20.1 Å². The molecule has 0 radical (unpaired) electrons. The minimum absolute atomic E-state index is 0.00801. The average Bonchev–Trinajstić information content (AvgIpc) is 2.27. The Bertz CT molecular complexity index is 631. The molecule has 2 N–H and O–H groups in total. The number of phenolic OH excluding ortho intramolecular Hbond substituents is 1. The zero-order valence-corrected chi connectivity index (χ0v) is 10.1. The van der Waals surface area contributed by atoms with Crippen LogP contribution in [0.2, 0.25) is 0 Å². The van der Waals surface area contributed by atoms with E-state index in [0.717, 1.165) is 10.9 Å². The summed E-state index contributed by atoms with van der Waals surface area (Å²) in [6.07, 6.45) is -1.82. The lowest BCUT2D eigenvalue weighted by molar-refractivity contribution is -0.315. The number of aryl methyl sites for hydroxylation is 2. The molecule has 0 aliphatic carbocycles. The fourth-order valence-corrected chi connectivity index (χ4v) is 2.12. The molecule has 0 aliphatic heterocycles. The summed E-state index contributed by atoms with van der Waals surface area (Å²) in [7, 11) is 0. The lowest BCUT2D eigenvalue weighted by Crippen LogP contribution is -2.30. The fourth-order valence-electron chi connectivity index (χ4n) is 2.12. The minimum Gasteiger partial charge on any atom is -0.547 e. The van der Waals surface area contributed by atoms with E-state index in [0.29, 0.717) is 10.9 Å². The minimum atomic E-state index is -1.82. The molecule has 0 saturated carbocycles. The molecule has 2 rings (SSSR count). The molecule has 0 saturated heterocycles. The SMILES string of the molecule is Cc1ccc2c(O)c(C(O)C(=O)[O-])c(C)cc2c1. The van der Waals surface area contributed by atoms with Crippen molar-refractivity contribution >= 4 is 16.7 Å². The van der Waals surface area contributed by atoms with Crippen molar-refractivity contribution < 1.29 is 20.1 Å². The van der Waals surface area contributed by atoms with Gasteiger partial charge in [-0.1, -0.05) is 29.8 Å². The standard InChI is InChI=1S/C14H14O4/c1-7-3-4-10-9(5-7)6-8(2)11(12(10)15)13(16)14(17)18/h3-6,13,15-16H,1-2H3,(H,17,18)/p-1. The number of phenols is 1. The predicted octanol–water partition coefficient (Wildman–Crippen LogP) is 0.946. The van der Waals surface area contributed by atoms with Crippen LogP contribution in [-0.2, 0) is 4.79 Å². The first-order valence-electron chi connectivity index (χ1n) is 5.53. The third kappa shape index (κ3) is 1.91. The molecule has 1 unspecified atom stereocenters. The lowest BCUT2D eigenvalue weighted by atomic mass is 9.95. The van der Waals surface area contributed by atoms with E-state index >= 15 is 0 Å². The molecule has 0 heterocycles. The van der Waals surface area contributed by atoms with Gasteiger partial charge in [0.1, 0.15) is 11.9 Å². The summed E-state index contributed by atoms with van der Waals surface area (Å²) < 4.78 is 0. The van der Waals surface area contributed by atoms with Gasteiger partial charge in [-0.25, -0.2) is 0 Å². The summed E-state index contributed by atoms with van der Waals surface area (Å²) in [5.74, 6) is -1.83. The Balaban J connectivity index is 2.77. The Kier molecular flexibility index (Phi) is 2.97. The van der Waals surface area contributed by atoms with E-state index in [1.54, 1.807) is 19.1 Å². The predicted molar refractivity (Wildman–Crippen MR) is 65.1 cm³/mol. The molecule has 0 aliphatic rings. The molecule has 4 nitrogen and oxygen atoms in total. The number of hydrogen-bond acceptors (Lipinski definition) is 4. The number of aliphatic hydroxyl groups is 1. The van der Waals surface area contributed by atoms with Crippen LogP contribution >= 0.6 is 0 Å². The number of aromatic hydroxyl groups is 1. The Labute approximate surface area is 104 Å². The van der Waals surface area contributed by atoms with Gasteiger partial charge in [-0.2, -0.15) is 0 Å². The van der Waals surface area contributed by atoms with E-state index < -0.39 is 12.1 Å².